The number of hydrogen-bond acceptors (Lipinski definition) is 2. The molecule has 0 aliphatic heterocycles. The van der Waals surface area contributed by atoms with Crippen LogP contribution in [0, 0.1) is 0 Å². The van der Waals surface area contributed by atoms with Crippen LogP contribution in [0.2, 0.25) is 0 Å². The monoisotopic (exact) mass is 440 g/mol. The summed E-state index contributed by atoms with van der Waals surface area (Å²) in [4.78, 5) is 2.73. The minimum atomic E-state index is -0.340. The van der Waals surface area contributed by atoms with Gasteiger partial charge >= 0.3 is 0 Å². The molecule has 4 heteroatoms. The Morgan fingerprint density at radius 3 is 1.68 bits per heavy atom. The van der Waals surface area contributed by atoms with Crippen LogP contribution in [-0.2, 0) is 6.54 Å². The van der Waals surface area contributed by atoms with Gasteiger partial charge in [0.05, 0.1) is 12.6 Å². The van der Waals surface area contributed by atoms with Crippen LogP contribution in [0.5, 0.6) is 0 Å². The van der Waals surface area contributed by atoms with Crippen LogP contribution in [-0.4, -0.2) is 39.3 Å². The van der Waals surface area contributed by atoms with Crippen molar-refractivity contribution >= 4 is 34.2 Å². The van der Waals surface area contributed by atoms with Crippen LogP contribution < -0.4 is 0 Å². The molecule has 31 heavy (non-hydrogen) atoms. The van der Waals surface area contributed by atoms with Gasteiger partial charge in [0.2, 0.25) is 0 Å². The van der Waals surface area contributed by atoms with E-state index in [2.05, 4.69) is 58.0 Å². The number of para-hydroxylation sites is 2. The maximum Gasteiger partial charge on any atom is 0.0846 e. The molecule has 0 bridgehead atoms. The summed E-state index contributed by atoms with van der Waals surface area (Å²) in [6.07, 6.45) is 13.1. The highest BCUT2D eigenvalue weighted by Gasteiger charge is 2.30. The molecule has 1 atom stereocenters. The van der Waals surface area contributed by atoms with Gasteiger partial charge in [0.15, 0.2) is 0 Å². The molecule has 0 saturated heterocycles. The number of aromatic nitrogens is 1. The van der Waals surface area contributed by atoms with Gasteiger partial charge < -0.3 is 9.67 Å². The van der Waals surface area contributed by atoms with Crippen molar-refractivity contribution in [3.8, 4) is 0 Å². The Kier molecular flexibility index (Phi) is 7.58. The van der Waals surface area contributed by atoms with Crippen molar-refractivity contribution < 1.29 is 5.11 Å². The molecule has 0 spiro atoms. The van der Waals surface area contributed by atoms with Crippen LogP contribution in [0.1, 0.15) is 64.2 Å². The highest BCUT2D eigenvalue weighted by atomic mass is 35.5. The molecule has 2 saturated carbocycles. The van der Waals surface area contributed by atoms with Crippen molar-refractivity contribution in [2.45, 2.75) is 88.9 Å². The highest BCUT2D eigenvalue weighted by molar-refractivity contribution is 6.07. The van der Waals surface area contributed by atoms with Gasteiger partial charge in [0.1, 0.15) is 0 Å². The summed E-state index contributed by atoms with van der Waals surface area (Å²) in [5.74, 6) is 0. The van der Waals surface area contributed by atoms with Gasteiger partial charge in [-0.25, -0.2) is 0 Å². The predicted octanol–water partition coefficient (Wildman–Crippen LogP) is 6.54. The van der Waals surface area contributed by atoms with E-state index in [9.17, 15) is 5.11 Å². The van der Waals surface area contributed by atoms with E-state index >= 15 is 0 Å². The molecule has 0 amide bonds. The van der Waals surface area contributed by atoms with Gasteiger partial charge in [-0.05, 0) is 37.8 Å². The number of aliphatic hydroxyl groups excluding tert-OH is 1. The van der Waals surface area contributed by atoms with E-state index in [0.29, 0.717) is 18.6 Å². The summed E-state index contributed by atoms with van der Waals surface area (Å²) < 4.78 is 2.34. The second kappa shape index (κ2) is 10.4. The Hall–Kier alpha value is -1.55. The Morgan fingerprint density at radius 1 is 0.742 bits per heavy atom. The van der Waals surface area contributed by atoms with E-state index < -0.39 is 0 Å². The summed E-state index contributed by atoms with van der Waals surface area (Å²) >= 11 is 0. The number of nitrogens with zero attached hydrogens (tertiary/aromatic N) is 2. The fraction of sp³-hybridized carbons (Fsp3) is 0.556. The number of benzene rings is 2. The van der Waals surface area contributed by atoms with Crippen molar-refractivity contribution in [2.24, 2.45) is 0 Å². The molecule has 1 N–H and O–H groups in total. The fourth-order valence-corrected chi connectivity index (χ4v) is 6.13. The lowest BCUT2D eigenvalue weighted by Crippen LogP contribution is -2.49. The van der Waals surface area contributed by atoms with Crippen molar-refractivity contribution in [1.29, 1.82) is 0 Å². The van der Waals surface area contributed by atoms with Crippen LogP contribution >= 0.6 is 12.4 Å². The molecule has 5 rings (SSSR count). The minimum absolute atomic E-state index is 0. The third kappa shape index (κ3) is 4.79. The molecule has 3 aromatic rings. The van der Waals surface area contributed by atoms with Crippen molar-refractivity contribution in [1.82, 2.24) is 9.47 Å². The summed E-state index contributed by atoms with van der Waals surface area (Å²) in [6.45, 7) is 1.49. The van der Waals surface area contributed by atoms with E-state index in [1.165, 1.54) is 86.0 Å². The van der Waals surface area contributed by atoms with Gasteiger partial charge in [-0.1, -0.05) is 74.9 Å². The number of hydrogen-bond donors (Lipinski definition) is 1. The zero-order chi connectivity index (χ0) is 20.3. The second-order valence-corrected chi connectivity index (χ2v) is 9.58. The topological polar surface area (TPSA) is 28.4 Å². The van der Waals surface area contributed by atoms with E-state index in [-0.39, 0.29) is 18.5 Å². The average molecular weight is 441 g/mol. The smallest absolute Gasteiger partial charge is 0.0846 e. The third-order valence-electron chi connectivity index (χ3n) is 7.58. The van der Waals surface area contributed by atoms with Crippen molar-refractivity contribution in [3.05, 3.63) is 48.5 Å². The molecule has 2 fully saturated rings. The summed E-state index contributed by atoms with van der Waals surface area (Å²) in [7, 11) is 0. The summed E-state index contributed by atoms with van der Waals surface area (Å²) in [5, 5.41) is 13.9. The quantitative estimate of drug-likeness (QED) is 0.471. The van der Waals surface area contributed by atoms with Crippen molar-refractivity contribution in [3.63, 3.8) is 0 Å². The van der Waals surface area contributed by atoms with Gasteiger partial charge in [-0.2, -0.15) is 0 Å². The molecule has 1 unspecified atom stereocenters. The van der Waals surface area contributed by atoms with E-state index in [1.54, 1.807) is 0 Å². The van der Waals surface area contributed by atoms with E-state index in [4.69, 9.17) is 0 Å². The largest absolute Gasteiger partial charge is 0.390 e. The number of fused-ring (bicyclic) bond motifs is 3. The first-order valence-corrected chi connectivity index (χ1v) is 12.2. The normalized spacial score (nSPS) is 19.7. The Bertz CT molecular complexity index is 900. The lowest BCUT2D eigenvalue weighted by molar-refractivity contribution is 0.0242. The van der Waals surface area contributed by atoms with Gasteiger partial charge in [0.25, 0.3) is 0 Å². The zero-order valence-corrected chi connectivity index (χ0v) is 19.4. The Balaban J connectivity index is 0.00000231. The first-order valence-electron chi connectivity index (χ1n) is 12.2. The molecule has 2 aromatic carbocycles. The van der Waals surface area contributed by atoms with Gasteiger partial charge in [-0.15, -0.1) is 12.4 Å². The third-order valence-corrected chi connectivity index (χ3v) is 7.58. The summed E-state index contributed by atoms with van der Waals surface area (Å²) in [5.41, 5.74) is 2.47. The first-order chi connectivity index (χ1) is 14.8. The van der Waals surface area contributed by atoms with Gasteiger partial charge in [0, 0.05) is 40.4 Å². The SMILES string of the molecule is Cl.OC(CN(C1CCCCC1)C1CCCCC1)Cn1c2ccccc2c2ccccc21. The Morgan fingerprint density at radius 2 is 1.19 bits per heavy atom. The maximum atomic E-state index is 11.3. The molecule has 1 heterocycles. The zero-order valence-electron chi connectivity index (χ0n) is 18.6. The van der Waals surface area contributed by atoms with Crippen LogP contribution in [0.4, 0.5) is 0 Å². The molecule has 3 nitrogen and oxygen atoms in total. The Labute approximate surface area is 192 Å². The summed E-state index contributed by atoms with van der Waals surface area (Å²) in [6, 6.07) is 18.6. The van der Waals surface area contributed by atoms with Crippen LogP contribution in [0.3, 0.4) is 0 Å². The molecule has 168 valence electrons. The molecule has 2 aliphatic rings. The second-order valence-electron chi connectivity index (χ2n) is 9.58. The molecule has 2 aliphatic carbocycles. The van der Waals surface area contributed by atoms with Crippen LogP contribution in [0.15, 0.2) is 48.5 Å². The number of halogens is 1. The van der Waals surface area contributed by atoms with Crippen LogP contribution in [0.25, 0.3) is 21.8 Å². The average Bonchev–Trinajstić information content (AvgIpc) is 3.12. The number of rotatable bonds is 6. The molecular weight excluding hydrogens is 404 g/mol. The molecule has 1 aromatic heterocycles. The minimum Gasteiger partial charge on any atom is -0.390 e. The predicted molar refractivity (Wildman–Crippen MR) is 133 cm³/mol. The molecule has 0 radical (unpaired) electrons. The highest BCUT2D eigenvalue weighted by Crippen LogP contribution is 2.32. The molecular formula is C27H37ClN2O. The lowest BCUT2D eigenvalue weighted by atomic mass is 9.88. The first kappa shape index (κ1) is 22.6. The van der Waals surface area contributed by atoms with Gasteiger partial charge in [-0.3, -0.25) is 4.90 Å². The van der Waals surface area contributed by atoms with Crippen molar-refractivity contribution in [2.75, 3.05) is 6.54 Å². The van der Waals surface area contributed by atoms with E-state index in [0.717, 1.165) is 6.54 Å². The standard InChI is InChI=1S/C27H36N2O.ClH/c30-23(19-28(21-11-3-1-4-12-21)22-13-5-2-6-14-22)20-29-26-17-9-7-15-24(26)25-16-8-10-18-27(25)29;/h7-10,15-18,21-23,30H,1-6,11-14,19-20H2;1H. The maximum absolute atomic E-state index is 11.3. The van der Waals surface area contributed by atoms with E-state index in [1.807, 2.05) is 0 Å². The fourth-order valence-electron chi connectivity index (χ4n) is 6.13. The number of aliphatic hydroxyl groups is 1. The lowest BCUT2D eigenvalue weighted by Gasteiger charge is -2.42.